The fraction of sp³-hybridized carbons (Fsp3) is 0.750. The molecule has 0 amide bonds. The van der Waals surface area contributed by atoms with Crippen molar-refractivity contribution in [2.24, 2.45) is 9.32 Å². The summed E-state index contributed by atoms with van der Waals surface area (Å²) in [6.45, 7) is 6.92. The van der Waals surface area contributed by atoms with E-state index in [0.29, 0.717) is 6.04 Å². The summed E-state index contributed by atoms with van der Waals surface area (Å²) in [6.07, 6.45) is -3.16. The third kappa shape index (κ3) is 5.90. The van der Waals surface area contributed by atoms with Gasteiger partial charge < -0.3 is 9.32 Å². The predicted molar refractivity (Wildman–Crippen MR) is 55.4 cm³/mol. The molecule has 0 heterocycles. The van der Waals surface area contributed by atoms with E-state index < -0.39 is 21.0 Å². The average molecular weight is 224 g/mol. The molecule has 0 aliphatic carbocycles. The maximum atomic E-state index is 11.9. The molecule has 0 N–H and O–H groups in total. The minimum Gasteiger partial charge on any atom is -0.311 e. The first-order valence-corrected chi connectivity index (χ1v) is 6.97. The molecule has 14 heavy (non-hydrogen) atoms. The molecule has 0 saturated carbocycles. The Balaban J connectivity index is 4.03. The molecule has 6 heteroatoms. The molecule has 1 unspecified atom stereocenters. The van der Waals surface area contributed by atoms with Crippen LogP contribution in [-0.2, 0) is 0 Å². The van der Waals surface area contributed by atoms with Crippen LogP contribution in [0.1, 0.15) is 19.8 Å². The third-order valence-corrected chi connectivity index (χ3v) is 4.65. The fourth-order valence-electron chi connectivity index (χ4n) is 1.09. The van der Waals surface area contributed by atoms with Crippen molar-refractivity contribution in [2.45, 2.75) is 38.5 Å². The maximum absolute atomic E-state index is 11.9. The van der Waals surface area contributed by atoms with E-state index in [4.69, 9.17) is 0 Å². The van der Waals surface area contributed by atoms with Crippen molar-refractivity contribution in [1.82, 2.24) is 0 Å². The van der Waals surface area contributed by atoms with Gasteiger partial charge in [-0.25, -0.2) is 0 Å². The number of halogens is 3. The van der Waals surface area contributed by atoms with Gasteiger partial charge in [0.25, 0.3) is 8.40 Å². The highest BCUT2D eigenvalue weighted by molar-refractivity contribution is 6.76. The molecule has 82 valence electrons. The van der Waals surface area contributed by atoms with Crippen molar-refractivity contribution < 1.29 is 13.2 Å². The summed E-state index contributed by atoms with van der Waals surface area (Å²) >= 11 is 0. The van der Waals surface area contributed by atoms with Gasteiger partial charge in [-0.2, -0.15) is 13.2 Å². The number of rotatable bonds is 5. The van der Waals surface area contributed by atoms with Crippen LogP contribution in [0.4, 0.5) is 13.2 Å². The molecule has 2 nitrogen and oxygen atoms in total. The van der Waals surface area contributed by atoms with Gasteiger partial charge in [-0.05, 0) is 38.9 Å². The Bertz CT molecular complexity index is 215. The van der Waals surface area contributed by atoms with E-state index in [-0.39, 0.29) is 6.42 Å². The van der Waals surface area contributed by atoms with Crippen molar-refractivity contribution in [3.8, 4) is 0 Å². The van der Waals surface area contributed by atoms with Crippen LogP contribution in [0.15, 0.2) is 9.32 Å². The Labute approximate surface area is 83.1 Å². The van der Waals surface area contributed by atoms with Gasteiger partial charge in [-0.1, -0.05) is 0 Å². The van der Waals surface area contributed by atoms with Crippen LogP contribution in [0.2, 0.25) is 12.6 Å². The smallest absolute Gasteiger partial charge is 0.311 e. The maximum Gasteiger partial charge on any atom is 0.389 e. The predicted octanol–water partition coefficient (Wildman–Crippen LogP) is 3.19. The van der Waals surface area contributed by atoms with Crippen molar-refractivity contribution in [1.29, 1.82) is 0 Å². The summed E-state index contributed by atoms with van der Waals surface area (Å²) in [5.74, 6) is 0. The van der Waals surface area contributed by atoms with Crippen LogP contribution >= 0.6 is 0 Å². The van der Waals surface area contributed by atoms with Gasteiger partial charge in [-0.15, -0.1) is 0 Å². The standard InChI is InChI=1S/C8H15F3N2Si/c1-4-13-14(3,12-2)7-5-6-8(9,10)11/h4H,2,5-7H2,1,3H3/b13-4-. The first kappa shape index (κ1) is 13.3. The van der Waals surface area contributed by atoms with Gasteiger partial charge in [0.05, 0.1) is 0 Å². The lowest BCUT2D eigenvalue weighted by Crippen LogP contribution is -2.25. The monoisotopic (exact) mass is 224 g/mol. The Morgan fingerprint density at radius 2 is 2.00 bits per heavy atom. The molecule has 0 aliphatic heterocycles. The van der Waals surface area contributed by atoms with E-state index in [1.807, 2.05) is 0 Å². The fourth-order valence-corrected chi connectivity index (χ4v) is 2.86. The van der Waals surface area contributed by atoms with Crippen molar-refractivity contribution in [3.05, 3.63) is 0 Å². The largest absolute Gasteiger partial charge is 0.389 e. The van der Waals surface area contributed by atoms with Crippen LogP contribution in [0.25, 0.3) is 0 Å². The second-order valence-electron chi connectivity index (χ2n) is 3.23. The molecule has 0 rings (SSSR count). The van der Waals surface area contributed by atoms with Gasteiger partial charge >= 0.3 is 6.18 Å². The molecule has 0 saturated heterocycles. The number of hydrogen-bond donors (Lipinski definition) is 0. The summed E-state index contributed by atoms with van der Waals surface area (Å²) in [6, 6.07) is 0.403. The first-order valence-electron chi connectivity index (χ1n) is 4.37. The normalized spacial score (nSPS) is 16.9. The second kappa shape index (κ2) is 5.28. The van der Waals surface area contributed by atoms with Crippen molar-refractivity contribution in [3.63, 3.8) is 0 Å². The van der Waals surface area contributed by atoms with Gasteiger partial charge in [0, 0.05) is 6.42 Å². The van der Waals surface area contributed by atoms with Crippen molar-refractivity contribution >= 4 is 21.3 Å². The van der Waals surface area contributed by atoms with Crippen LogP contribution in [0, 0.1) is 0 Å². The van der Waals surface area contributed by atoms with E-state index >= 15 is 0 Å². The van der Waals surface area contributed by atoms with Crippen LogP contribution in [-0.4, -0.2) is 27.5 Å². The SMILES string of the molecule is C=N[Si](C)(CCCC(F)(F)F)/N=C\C. The summed E-state index contributed by atoms with van der Waals surface area (Å²) in [5, 5.41) is 0. The van der Waals surface area contributed by atoms with Crippen LogP contribution < -0.4 is 0 Å². The zero-order valence-electron chi connectivity index (χ0n) is 8.43. The van der Waals surface area contributed by atoms with Gasteiger partial charge in [0.1, 0.15) is 0 Å². The number of alkyl halides is 3. The van der Waals surface area contributed by atoms with E-state index in [9.17, 15) is 13.2 Å². The zero-order valence-corrected chi connectivity index (χ0v) is 9.43. The molecule has 0 radical (unpaired) electrons. The number of nitrogens with zero attached hydrogens (tertiary/aromatic N) is 2. The van der Waals surface area contributed by atoms with E-state index in [1.165, 1.54) is 0 Å². The zero-order chi connectivity index (χ0) is 11.2. The number of hydrogen-bond acceptors (Lipinski definition) is 2. The summed E-state index contributed by atoms with van der Waals surface area (Å²) in [7, 11) is -2.24. The highest BCUT2D eigenvalue weighted by Gasteiger charge is 2.30. The van der Waals surface area contributed by atoms with Gasteiger partial charge in [0.2, 0.25) is 0 Å². The summed E-state index contributed by atoms with van der Waals surface area (Å²) < 4.78 is 43.5. The minimum absolute atomic E-state index is 0.0859. The molecule has 0 fully saturated rings. The quantitative estimate of drug-likeness (QED) is 0.506. The first-order chi connectivity index (χ1) is 6.33. The van der Waals surface area contributed by atoms with E-state index in [0.717, 1.165) is 0 Å². The topological polar surface area (TPSA) is 24.7 Å². The Morgan fingerprint density at radius 1 is 1.43 bits per heavy atom. The second-order valence-corrected chi connectivity index (χ2v) is 6.74. The highest BCUT2D eigenvalue weighted by Crippen LogP contribution is 2.25. The Kier molecular flexibility index (Phi) is 5.04. The van der Waals surface area contributed by atoms with Gasteiger partial charge in [0.15, 0.2) is 0 Å². The molecule has 1 atom stereocenters. The highest BCUT2D eigenvalue weighted by atomic mass is 28.3. The molecular weight excluding hydrogens is 209 g/mol. The average Bonchev–Trinajstić information content (AvgIpc) is 2.02. The lowest BCUT2D eigenvalue weighted by Gasteiger charge is -2.16. The van der Waals surface area contributed by atoms with Gasteiger partial charge in [-0.3, -0.25) is 0 Å². The lowest BCUT2D eigenvalue weighted by atomic mass is 10.3. The third-order valence-electron chi connectivity index (χ3n) is 1.86. The molecule has 0 spiro atoms. The van der Waals surface area contributed by atoms with E-state index in [2.05, 4.69) is 16.0 Å². The summed E-state index contributed by atoms with van der Waals surface area (Å²) in [5.41, 5.74) is 0. The lowest BCUT2D eigenvalue weighted by molar-refractivity contribution is -0.134. The van der Waals surface area contributed by atoms with Crippen LogP contribution in [0.3, 0.4) is 0 Å². The van der Waals surface area contributed by atoms with Crippen molar-refractivity contribution in [2.75, 3.05) is 0 Å². The Morgan fingerprint density at radius 3 is 2.36 bits per heavy atom. The molecule has 0 bridgehead atoms. The molecule has 0 aromatic rings. The molecular formula is C8H15F3N2Si. The molecule has 0 aromatic carbocycles. The minimum atomic E-state index is -4.08. The molecule has 0 aromatic heterocycles. The Hall–Kier alpha value is -0.653. The summed E-state index contributed by atoms with van der Waals surface area (Å²) in [4.78, 5) is 0. The molecule has 0 aliphatic rings. The van der Waals surface area contributed by atoms with E-state index in [1.54, 1.807) is 19.7 Å². The van der Waals surface area contributed by atoms with Crippen LogP contribution in [0.5, 0.6) is 0 Å².